The number of alkyl halides is 2. The summed E-state index contributed by atoms with van der Waals surface area (Å²) in [7, 11) is 0. The van der Waals surface area contributed by atoms with Gasteiger partial charge in [0, 0.05) is 10.8 Å². The lowest BCUT2D eigenvalue weighted by molar-refractivity contribution is 0.171. The van der Waals surface area contributed by atoms with Gasteiger partial charge in [0.05, 0.1) is 0 Å². The molecule has 0 aromatic carbocycles. The maximum absolute atomic E-state index is 6.53. The first-order valence-corrected chi connectivity index (χ1v) is 6.30. The average molecular weight is 219 g/mol. The van der Waals surface area contributed by atoms with Crippen LogP contribution in [0, 0.1) is 10.8 Å². The lowest BCUT2D eigenvalue weighted by Gasteiger charge is -2.32. The number of hydrogen-bond donors (Lipinski definition) is 0. The second-order valence-electron chi connectivity index (χ2n) is 5.15. The predicted molar refractivity (Wildman–Crippen MR) is 56.2 cm³/mol. The number of halogens is 2. The normalized spacial score (nSPS) is 52.2. The van der Waals surface area contributed by atoms with Crippen molar-refractivity contribution in [2.45, 2.75) is 55.7 Å². The van der Waals surface area contributed by atoms with Crippen molar-refractivity contribution in [3.05, 3.63) is 0 Å². The summed E-state index contributed by atoms with van der Waals surface area (Å²) in [4.78, 5) is 0. The fourth-order valence-corrected chi connectivity index (χ4v) is 5.67. The molecular weight excluding hydrogens is 203 g/mol. The summed E-state index contributed by atoms with van der Waals surface area (Å²) in [5, 5.41) is 0. The van der Waals surface area contributed by atoms with Gasteiger partial charge in [-0.1, -0.05) is 25.7 Å². The SMILES string of the molecule is ClC1(Cl)C23CCCCC12CCCC3. The van der Waals surface area contributed by atoms with Crippen molar-refractivity contribution >= 4 is 23.2 Å². The van der Waals surface area contributed by atoms with E-state index in [9.17, 15) is 0 Å². The maximum atomic E-state index is 6.53. The quantitative estimate of drug-likeness (QED) is 0.533. The zero-order valence-corrected chi connectivity index (χ0v) is 9.42. The standard InChI is InChI=1S/C11H16Cl2/c12-11(13)9-5-1-2-6-10(9,11)8-4-3-7-9/h1-8H2. The highest BCUT2D eigenvalue weighted by Crippen LogP contribution is 2.87. The van der Waals surface area contributed by atoms with Gasteiger partial charge in [0.1, 0.15) is 4.33 Å². The van der Waals surface area contributed by atoms with Crippen molar-refractivity contribution in [3.63, 3.8) is 0 Å². The Balaban J connectivity index is 2.02. The lowest BCUT2D eigenvalue weighted by atomic mass is 9.71. The first kappa shape index (κ1) is 8.85. The molecule has 0 atom stereocenters. The monoisotopic (exact) mass is 218 g/mol. The minimum absolute atomic E-state index is 0.347. The molecule has 0 unspecified atom stereocenters. The third-order valence-electron chi connectivity index (χ3n) is 4.97. The highest BCUT2D eigenvalue weighted by molar-refractivity contribution is 6.52. The van der Waals surface area contributed by atoms with Gasteiger partial charge in [-0.05, 0) is 25.7 Å². The highest BCUT2D eigenvalue weighted by Gasteiger charge is 2.85. The van der Waals surface area contributed by atoms with Crippen LogP contribution in [0.15, 0.2) is 0 Å². The molecule has 3 saturated carbocycles. The molecule has 0 nitrogen and oxygen atoms in total. The van der Waals surface area contributed by atoms with Crippen molar-refractivity contribution < 1.29 is 0 Å². The molecule has 0 bridgehead atoms. The second kappa shape index (κ2) is 2.39. The molecule has 0 radical (unpaired) electrons. The number of rotatable bonds is 0. The Hall–Kier alpha value is 0.580. The molecule has 3 aliphatic carbocycles. The van der Waals surface area contributed by atoms with Gasteiger partial charge in [0.2, 0.25) is 0 Å². The van der Waals surface area contributed by atoms with E-state index in [-0.39, 0.29) is 4.33 Å². The zero-order chi connectivity index (χ0) is 9.16. The van der Waals surface area contributed by atoms with E-state index in [1.807, 2.05) is 0 Å². The van der Waals surface area contributed by atoms with Crippen molar-refractivity contribution in [2.75, 3.05) is 0 Å². The van der Waals surface area contributed by atoms with E-state index < -0.39 is 0 Å². The molecule has 0 heterocycles. The second-order valence-corrected chi connectivity index (χ2v) is 6.48. The van der Waals surface area contributed by atoms with Crippen LogP contribution in [-0.4, -0.2) is 4.33 Å². The molecule has 3 fully saturated rings. The number of hydrogen-bond acceptors (Lipinski definition) is 0. The van der Waals surface area contributed by atoms with Crippen LogP contribution in [0.2, 0.25) is 0 Å². The van der Waals surface area contributed by atoms with Crippen LogP contribution in [0.1, 0.15) is 51.4 Å². The largest absolute Gasteiger partial charge is 0.130 e. The fraction of sp³-hybridized carbons (Fsp3) is 1.00. The first-order chi connectivity index (χ1) is 6.16. The Bertz CT molecular complexity index is 208. The Morgan fingerprint density at radius 1 is 0.615 bits per heavy atom. The van der Waals surface area contributed by atoms with Crippen LogP contribution in [0.5, 0.6) is 0 Å². The van der Waals surface area contributed by atoms with Crippen LogP contribution in [0.25, 0.3) is 0 Å². The van der Waals surface area contributed by atoms with Gasteiger partial charge in [-0.25, -0.2) is 0 Å². The summed E-state index contributed by atoms with van der Waals surface area (Å²) >= 11 is 13.1. The molecule has 0 aliphatic heterocycles. The molecule has 3 aliphatic rings. The minimum Gasteiger partial charge on any atom is -0.100 e. The maximum Gasteiger partial charge on any atom is 0.130 e. The summed E-state index contributed by atoms with van der Waals surface area (Å²) in [5.74, 6) is 0. The highest BCUT2D eigenvalue weighted by atomic mass is 35.5. The molecule has 74 valence electrons. The fourth-order valence-electron chi connectivity index (χ4n) is 4.28. The molecule has 0 aromatic rings. The lowest BCUT2D eigenvalue weighted by Crippen LogP contribution is -2.22. The van der Waals surface area contributed by atoms with Crippen LogP contribution in [-0.2, 0) is 0 Å². The molecule has 0 aromatic heterocycles. The summed E-state index contributed by atoms with van der Waals surface area (Å²) in [6.07, 6.45) is 10.6. The van der Waals surface area contributed by atoms with Crippen molar-refractivity contribution in [1.82, 2.24) is 0 Å². The van der Waals surface area contributed by atoms with Crippen molar-refractivity contribution in [3.8, 4) is 0 Å². The van der Waals surface area contributed by atoms with E-state index in [0.29, 0.717) is 10.8 Å². The summed E-state index contributed by atoms with van der Waals surface area (Å²) in [6.45, 7) is 0. The average Bonchev–Trinajstić information content (AvgIpc) is 2.61. The predicted octanol–water partition coefficient (Wildman–Crippen LogP) is 4.29. The Morgan fingerprint density at radius 3 is 1.23 bits per heavy atom. The molecule has 0 saturated heterocycles. The van der Waals surface area contributed by atoms with Gasteiger partial charge in [0.15, 0.2) is 0 Å². The van der Waals surface area contributed by atoms with E-state index >= 15 is 0 Å². The minimum atomic E-state index is -0.354. The van der Waals surface area contributed by atoms with Gasteiger partial charge in [0.25, 0.3) is 0 Å². The Morgan fingerprint density at radius 2 is 0.923 bits per heavy atom. The smallest absolute Gasteiger partial charge is 0.100 e. The van der Waals surface area contributed by atoms with Crippen molar-refractivity contribution in [2.24, 2.45) is 10.8 Å². The molecule has 0 amide bonds. The van der Waals surface area contributed by atoms with E-state index in [0.717, 1.165) is 0 Å². The summed E-state index contributed by atoms with van der Waals surface area (Å²) < 4.78 is -0.354. The van der Waals surface area contributed by atoms with Gasteiger partial charge < -0.3 is 0 Å². The van der Waals surface area contributed by atoms with Gasteiger partial charge in [-0.15, -0.1) is 23.2 Å². The first-order valence-electron chi connectivity index (χ1n) is 5.54. The van der Waals surface area contributed by atoms with Gasteiger partial charge in [-0.3, -0.25) is 0 Å². The molecule has 0 N–H and O–H groups in total. The third kappa shape index (κ3) is 0.741. The summed E-state index contributed by atoms with van der Waals surface area (Å²) in [6, 6.07) is 0. The molecule has 2 heteroatoms. The van der Waals surface area contributed by atoms with Crippen LogP contribution >= 0.6 is 23.2 Å². The molecule has 13 heavy (non-hydrogen) atoms. The van der Waals surface area contributed by atoms with Crippen molar-refractivity contribution in [1.29, 1.82) is 0 Å². The van der Waals surface area contributed by atoms with E-state index in [4.69, 9.17) is 23.2 Å². The molecule has 3 rings (SSSR count). The zero-order valence-electron chi connectivity index (χ0n) is 7.91. The Kier molecular flexibility index (Phi) is 1.63. The van der Waals surface area contributed by atoms with Crippen LogP contribution < -0.4 is 0 Å². The summed E-state index contributed by atoms with van der Waals surface area (Å²) in [5.41, 5.74) is 0.694. The Labute approximate surface area is 90.0 Å². The van der Waals surface area contributed by atoms with Gasteiger partial charge >= 0.3 is 0 Å². The van der Waals surface area contributed by atoms with E-state index in [2.05, 4.69) is 0 Å². The van der Waals surface area contributed by atoms with Gasteiger partial charge in [-0.2, -0.15) is 0 Å². The molecule has 0 spiro atoms. The topological polar surface area (TPSA) is 0 Å². The third-order valence-corrected chi connectivity index (χ3v) is 6.42. The molecular formula is C11H16Cl2. The van der Waals surface area contributed by atoms with Crippen LogP contribution in [0.4, 0.5) is 0 Å². The van der Waals surface area contributed by atoms with E-state index in [1.165, 1.54) is 51.4 Å². The van der Waals surface area contributed by atoms with E-state index in [1.54, 1.807) is 0 Å². The van der Waals surface area contributed by atoms with Crippen LogP contribution in [0.3, 0.4) is 0 Å².